The zero-order valence-corrected chi connectivity index (χ0v) is 11.3. The van der Waals surface area contributed by atoms with Gasteiger partial charge >= 0.3 is 0 Å². The van der Waals surface area contributed by atoms with Gasteiger partial charge in [-0.2, -0.15) is 4.98 Å². The van der Waals surface area contributed by atoms with Gasteiger partial charge in [-0.3, -0.25) is 4.79 Å². The van der Waals surface area contributed by atoms with E-state index < -0.39 is 0 Å². The smallest absolute Gasteiger partial charge is 0.227 e. The van der Waals surface area contributed by atoms with E-state index in [1.165, 1.54) is 0 Å². The molecule has 0 saturated heterocycles. The summed E-state index contributed by atoms with van der Waals surface area (Å²) >= 11 is 0. The number of nitrogens with one attached hydrogen (secondary N) is 1. The topological polar surface area (TPSA) is 88.2 Å². The van der Waals surface area contributed by atoms with E-state index in [9.17, 15) is 4.79 Å². The molecule has 106 valence electrons. The summed E-state index contributed by atoms with van der Waals surface area (Å²) in [6.45, 7) is 2.77. The van der Waals surface area contributed by atoms with Crippen LogP contribution in [0.2, 0.25) is 0 Å². The number of hydrogen-bond donors (Lipinski definition) is 2. The molecule has 6 heteroatoms. The van der Waals surface area contributed by atoms with Gasteiger partial charge in [0.1, 0.15) is 0 Å². The Morgan fingerprint density at radius 1 is 1.47 bits per heavy atom. The fraction of sp³-hybridized carbons (Fsp3) is 0.769. The van der Waals surface area contributed by atoms with Crippen molar-refractivity contribution in [3.8, 4) is 0 Å². The first-order valence-electron chi connectivity index (χ1n) is 6.86. The van der Waals surface area contributed by atoms with Crippen LogP contribution in [0.25, 0.3) is 0 Å². The van der Waals surface area contributed by atoms with Crippen molar-refractivity contribution in [2.24, 2.45) is 5.41 Å². The second-order valence-corrected chi connectivity index (χ2v) is 5.29. The highest BCUT2D eigenvalue weighted by Crippen LogP contribution is 2.44. The van der Waals surface area contributed by atoms with Crippen molar-refractivity contribution in [1.29, 1.82) is 0 Å². The summed E-state index contributed by atoms with van der Waals surface area (Å²) in [4.78, 5) is 15.9. The number of nitrogens with zero attached hydrogens (tertiary/aromatic N) is 2. The van der Waals surface area contributed by atoms with E-state index in [-0.39, 0.29) is 17.9 Å². The third kappa shape index (κ3) is 4.02. The normalized spacial score (nSPS) is 16.3. The Morgan fingerprint density at radius 3 is 2.89 bits per heavy atom. The molecule has 6 nitrogen and oxygen atoms in total. The van der Waals surface area contributed by atoms with Crippen LogP contribution < -0.4 is 5.32 Å². The fourth-order valence-electron chi connectivity index (χ4n) is 1.88. The summed E-state index contributed by atoms with van der Waals surface area (Å²) in [6.07, 6.45) is 4.57. The lowest BCUT2D eigenvalue weighted by Crippen LogP contribution is -2.31. The summed E-state index contributed by atoms with van der Waals surface area (Å²) in [5, 5.41) is 15.8. The minimum atomic E-state index is -0.0472. The first kappa shape index (κ1) is 14.0. The number of aryl methyl sites for hydroxylation is 2. The van der Waals surface area contributed by atoms with Crippen LogP contribution >= 0.6 is 0 Å². The average Bonchev–Trinajstić information content (AvgIpc) is 3.07. The second kappa shape index (κ2) is 6.14. The first-order valence-corrected chi connectivity index (χ1v) is 6.86. The highest BCUT2D eigenvalue weighted by atomic mass is 16.5. The van der Waals surface area contributed by atoms with E-state index in [1.807, 2.05) is 0 Å². The van der Waals surface area contributed by atoms with Gasteiger partial charge in [0.05, 0.1) is 6.61 Å². The molecule has 1 heterocycles. The minimum Gasteiger partial charge on any atom is -0.396 e. The Bertz CT molecular complexity index is 427. The van der Waals surface area contributed by atoms with E-state index in [4.69, 9.17) is 9.63 Å². The molecule has 1 aromatic heterocycles. The number of rotatable bonds is 8. The van der Waals surface area contributed by atoms with E-state index in [0.717, 1.165) is 25.7 Å². The third-order valence-electron chi connectivity index (χ3n) is 3.50. The standard InChI is InChI=1S/C13H21N3O3/c1-2-3-10-15-12(19-16-10)5-4-11(18)14-8-13(9-17)6-7-13/h17H,2-9H2,1H3,(H,14,18). The maximum Gasteiger partial charge on any atom is 0.227 e. The van der Waals surface area contributed by atoms with Crippen LogP contribution in [0.3, 0.4) is 0 Å². The summed E-state index contributed by atoms with van der Waals surface area (Å²) in [5.41, 5.74) is -0.0472. The molecule has 0 radical (unpaired) electrons. The van der Waals surface area contributed by atoms with Gasteiger partial charge in [0.2, 0.25) is 11.8 Å². The summed E-state index contributed by atoms with van der Waals surface area (Å²) in [5.74, 6) is 1.19. The van der Waals surface area contributed by atoms with Crippen molar-refractivity contribution in [1.82, 2.24) is 15.5 Å². The molecule has 1 fully saturated rings. The van der Waals surface area contributed by atoms with Crippen LogP contribution in [0.4, 0.5) is 0 Å². The van der Waals surface area contributed by atoms with Crippen molar-refractivity contribution >= 4 is 5.91 Å². The number of hydrogen-bond acceptors (Lipinski definition) is 5. The first-order chi connectivity index (χ1) is 9.17. The van der Waals surface area contributed by atoms with Gasteiger partial charge in [-0.15, -0.1) is 0 Å². The Labute approximate surface area is 112 Å². The summed E-state index contributed by atoms with van der Waals surface area (Å²) < 4.78 is 5.07. The Morgan fingerprint density at radius 2 is 2.26 bits per heavy atom. The van der Waals surface area contributed by atoms with Crippen LogP contribution in [0.5, 0.6) is 0 Å². The highest BCUT2D eigenvalue weighted by molar-refractivity contribution is 5.76. The Kier molecular flexibility index (Phi) is 4.52. The number of aliphatic hydroxyl groups is 1. The lowest BCUT2D eigenvalue weighted by atomic mass is 10.1. The molecule has 0 spiro atoms. The minimum absolute atomic E-state index is 0.0324. The fourth-order valence-corrected chi connectivity index (χ4v) is 1.88. The molecule has 0 atom stereocenters. The summed E-state index contributed by atoms with van der Waals surface area (Å²) in [6, 6.07) is 0. The zero-order valence-electron chi connectivity index (χ0n) is 11.3. The van der Waals surface area contributed by atoms with Crippen molar-refractivity contribution in [3.63, 3.8) is 0 Å². The number of carbonyl (C=O) groups is 1. The molecule has 1 amide bonds. The molecule has 2 rings (SSSR count). The van der Waals surface area contributed by atoms with Gasteiger partial charge in [-0.05, 0) is 19.3 Å². The van der Waals surface area contributed by atoms with Gasteiger partial charge in [0.15, 0.2) is 5.82 Å². The van der Waals surface area contributed by atoms with E-state index in [0.29, 0.717) is 31.1 Å². The quantitative estimate of drug-likeness (QED) is 0.728. The molecule has 0 unspecified atom stereocenters. The molecule has 1 aliphatic carbocycles. The molecule has 0 bridgehead atoms. The van der Waals surface area contributed by atoms with Crippen LogP contribution in [-0.2, 0) is 17.6 Å². The van der Waals surface area contributed by atoms with Gasteiger partial charge in [0, 0.05) is 31.2 Å². The predicted molar refractivity (Wildman–Crippen MR) is 68.4 cm³/mol. The lowest BCUT2D eigenvalue weighted by Gasteiger charge is -2.12. The van der Waals surface area contributed by atoms with Gasteiger partial charge in [-0.25, -0.2) is 0 Å². The molecule has 0 aromatic carbocycles. The molecular formula is C13H21N3O3. The van der Waals surface area contributed by atoms with Gasteiger partial charge < -0.3 is 14.9 Å². The van der Waals surface area contributed by atoms with Crippen molar-refractivity contribution < 1.29 is 14.4 Å². The zero-order chi connectivity index (χ0) is 13.7. The van der Waals surface area contributed by atoms with E-state index in [1.54, 1.807) is 0 Å². The molecule has 1 aliphatic rings. The number of amides is 1. The number of carbonyl (C=O) groups excluding carboxylic acids is 1. The Hall–Kier alpha value is -1.43. The predicted octanol–water partition coefficient (Wildman–Crippen LogP) is 0.843. The highest BCUT2D eigenvalue weighted by Gasteiger charge is 2.41. The van der Waals surface area contributed by atoms with Gasteiger partial charge in [0.25, 0.3) is 0 Å². The number of aromatic nitrogens is 2. The second-order valence-electron chi connectivity index (χ2n) is 5.29. The largest absolute Gasteiger partial charge is 0.396 e. The van der Waals surface area contributed by atoms with Crippen molar-refractivity contribution in [2.75, 3.05) is 13.2 Å². The van der Waals surface area contributed by atoms with Crippen LogP contribution in [0.15, 0.2) is 4.52 Å². The van der Waals surface area contributed by atoms with Crippen molar-refractivity contribution in [2.45, 2.75) is 45.4 Å². The SMILES string of the molecule is CCCc1noc(CCC(=O)NCC2(CO)CC2)n1. The molecule has 2 N–H and O–H groups in total. The molecule has 1 aromatic rings. The molecule has 0 aliphatic heterocycles. The van der Waals surface area contributed by atoms with E-state index in [2.05, 4.69) is 22.4 Å². The monoisotopic (exact) mass is 267 g/mol. The van der Waals surface area contributed by atoms with Gasteiger partial charge in [-0.1, -0.05) is 12.1 Å². The van der Waals surface area contributed by atoms with Crippen LogP contribution in [-0.4, -0.2) is 34.3 Å². The third-order valence-corrected chi connectivity index (χ3v) is 3.50. The maximum atomic E-state index is 11.7. The average molecular weight is 267 g/mol. The van der Waals surface area contributed by atoms with Crippen LogP contribution in [0, 0.1) is 5.41 Å². The van der Waals surface area contributed by atoms with E-state index >= 15 is 0 Å². The van der Waals surface area contributed by atoms with Crippen LogP contribution in [0.1, 0.15) is 44.3 Å². The maximum absolute atomic E-state index is 11.7. The van der Waals surface area contributed by atoms with Crippen molar-refractivity contribution in [3.05, 3.63) is 11.7 Å². The molecule has 19 heavy (non-hydrogen) atoms. The summed E-state index contributed by atoms with van der Waals surface area (Å²) in [7, 11) is 0. The molecular weight excluding hydrogens is 246 g/mol. The molecule has 1 saturated carbocycles. The lowest BCUT2D eigenvalue weighted by molar-refractivity contribution is -0.121. The Balaban J connectivity index is 1.67. The number of aliphatic hydroxyl groups excluding tert-OH is 1.